The molecule has 0 radical (unpaired) electrons. The number of rotatable bonds is 1. The van der Waals surface area contributed by atoms with E-state index in [1.54, 1.807) is 12.1 Å². The van der Waals surface area contributed by atoms with Crippen LogP contribution in [0.1, 0.15) is 5.56 Å². The third kappa shape index (κ3) is 2.03. The lowest BCUT2D eigenvalue weighted by molar-refractivity contribution is 1.11. The molecule has 1 aromatic carbocycles. The number of nitrogen functional groups attached to an aromatic ring is 1. The molecule has 2 aromatic heterocycles. The maximum absolute atomic E-state index is 6.02. The fourth-order valence-electron chi connectivity index (χ4n) is 1.88. The fraction of sp³-hybridized carbons (Fsp3) is 0.0769. The van der Waals surface area contributed by atoms with E-state index in [-0.39, 0.29) is 0 Å². The zero-order valence-corrected chi connectivity index (χ0v) is 11.6. The molecule has 6 heteroatoms. The first-order valence-electron chi connectivity index (χ1n) is 5.62. The summed E-state index contributed by atoms with van der Waals surface area (Å²) in [5.74, 6) is 0.681. The predicted molar refractivity (Wildman–Crippen MR) is 77.6 cm³/mol. The number of aromatic nitrogens is 3. The lowest BCUT2D eigenvalue weighted by Crippen LogP contribution is -1.96. The highest BCUT2D eigenvalue weighted by Gasteiger charge is 2.10. The van der Waals surface area contributed by atoms with Gasteiger partial charge in [-0.2, -0.15) is 0 Å². The average molecular weight is 293 g/mol. The second kappa shape index (κ2) is 4.40. The number of fused-ring (bicyclic) bond motifs is 1. The molecule has 0 atom stereocenters. The van der Waals surface area contributed by atoms with Gasteiger partial charge >= 0.3 is 0 Å². The highest BCUT2D eigenvalue weighted by atomic mass is 35.5. The van der Waals surface area contributed by atoms with E-state index in [4.69, 9.17) is 28.9 Å². The van der Waals surface area contributed by atoms with Crippen LogP contribution in [0.3, 0.4) is 0 Å². The lowest BCUT2D eigenvalue weighted by Gasteiger charge is -2.04. The highest BCUT2D eigenvalue weighted by molar-refractivity contribution is 6.42. The molecular formula is C13H10Cl2N4. The number of hydrogen-bond acceptors (Lipinski definition) is 3. The molecule has 3 rings (SSSR count). The minimum absolute atomic E-state index is 0.482. The number of nitrogens with zero attached hydrogens (tertiary/aromatic N) is 3. The van der Waals surface area contributed by atoms with Crippen molar-refractivity contribution in [3.8, 4) is 11.4 Å². The number of benzene rings is 1. The van der Waals surface area contributed by atoms with Crippen molar-refractivity contribution >= 4 is 34.5 Å². The van der Waals surface area contributed by atoms with Crippen molar-refractivity contribution in [1.82, 2.24) is 14.6 Å². The SMILES string of the molecule is Cc1cc2nnc(-c3ccc(Cl)c(Cl)c3)n2cc1N. The van der Waals surface area contributed by atoms with Gasteiger partial charge in [0.15, 0.2) is 11.5 Å². The van der Waals surface area contributed by atoms with Gasteiger partial charge in [0.05, 0.1) is 15.7 Å². The number of anilines is 1. The van der Waals surface area contributed by atoms with Crippen molar-refractivity contribution in [3.63, 3.8) is 0 Å². The van der Waals surface area contributed by atoms with Gasteiger partial charge < -0.3 is 5.73 Å². The third-order valence-corrected chi connectivity index (χ3v) is 3.71. The Balaban J connectivity index is 2.25. The Hall–Kier alpha value is -1.78. The van der Waals surface area contributed by atoms with Gasteiger partial charge in [0.25, 0.3) is 0 Å². The zero-order valence-electron chi connectivity index (χ0n) is 10.1. The number of aryl methyl sites for hydroxylation is 1. The standard InChI is InChI=1S/C13H10Cl2N4/c1-7-4-12-17-18-13(19(12)6-11(7)16)8-2-3-9(14)10(15)5-8/h2-6H,16H2,1H3. The molecule has 0 aliphatic heterocycles. The Labute approximate surface area is 119 Å². The zero-order chi connectivity index (χ0) is 13.6. The molecule has 0 unspecified atom stereocenters. The molecule has 19 heavy (non-hydrogen) atoms. The van der Waals surface area contributed by atoms with Crippen LogP contribution in [-0.2, 0) is 0 Å². The Morgan fingerprint density at radius 2 is 1.89 bits per heavy atom. The Kier molecular flexibility index (Phi) is 2.84. The van der Waals surface area contributed by atoms with Crippen molar-refractivity contribution in [2.75, 3.05) is 5.73 Å². The highest BCUT2D eigenvalue weighted by Crippen LogP contribution is 2.28. The van der Waals surface area contributed by atoms with E-state index in [0.717, 1.165) is 16.8 Å². The maximum Gasteiger partial charge on any atom is 0.168 e. The van der Waals surface area contributed by atoms with E-state index in [9.17, 15) is 0 Å². The van der Waals surface area contributed by atoms with Crippen molar-refractivity contribution in [3.05, 3.63) is 46.1 Å². The van der Waals surface area contributed by atoms with Crippen LogP contribution in [0, 0.1) is 6.92 Å². The Morgan fingerprint density at radius 1 is 1.11 bits per heavy atom. The van der Waals surface area contributed by atoms with Crippen molar-refractivity contribution < 1.29 is 0 Å². The van der Waals surface area contributed by atoms with Gasteiger partial charge in [-0.3, -0.25) is 4.40 Å². The Bertz CT molecular complexity index is 780. The number of pyridine rings is 1. The summed E-state index contributed by atoms with van der Waals surface area (Å²) in [6.45, 7) is 1.93. The van der Waals surface area contributed by atoms with Crippen molar-refractivity contribution in [2.45, 2.75) is 6.92 Å². The van der Waals surface area contributed by atoms with Crippen LogP contribution < -0.4 is 5.73 Å². The summed E-state index contributed by atoms with van der Waals surface area (Å²) in [7, 11) is 0. The molecule has 96 valence electrons. The molecule has 0 saturated heterocycles. The van der Waals surface area contributed by atoms with Crippen LogP contribution in [0.25, 0.3) is 17.0 Å². The lowest BCUT2D eigenvalue weighted by atomic mass is 10.2. The maximum atomic E-state index is 6.02. The van der Waals surface area contributed by atoms with Crippen LogP contribution in [-0.4, -0.2) is 14.6 Å². The van der Waals surface area contributed by atoms with Crippen LogP contribution in [0.5, 0.6) is 0 Å². The molecule has 0 amide bonds. The van der Waals surface area contributed by atoms with Gasteiger partial charge in [0.1, 0.15) is 0 Å². The first kappa shape index (κ1) is 12.3. The number of halogens is 2. The quantitative estimate of drug-likeness (QED) is 0.746. The second-order valence-corrected chi connectivity index (χ2v) is 5.11. The number of hydrogen-bond donors (Lipinski definition) is 1. The van der Waals surface area contributed by atoms with Crippen molar-refractivity contribution in [1.29, 1.82) is 0 Å². The van der Waals surface area contributed by atoms with E-state index in [1.165, 1.54) is 0 Å². The topological polar surface area (TPSA) is 56.2 Å². The minimum Gasteiger partial charge on any atom is -0.397 e. The van der Waals surface area contributed by atoms with Crippen LogP contribution in [0.4, 0.5) is 5.69 Å². The second-order valence-electron chi connectivity index (χ2n) is 4.29. The molecule has 0 spiro atoms. The summed E-state index contributed by atoms with van der Waals surface area (Å²) in [6.07, 6.45) is 1.81. The Morgan fingerprint density at radius 3 is 2.63 bits per heavy atom. The molecule has 2 N–H and O–H groups in total. The van der Waals surface area contributed by atoms with E-state index in [1.807, 2.05) is 29.7 Å². The van der Waals surface area contributed by atoms with Crippen molar-refractivity contribution in [2.24, 2.45) is 0 Å². The van der Waals surface area contributed by atoms with Gasteiger partial charge in [-0.05, 0) is 36.8 Å². The van der Waals surface area contributed by atoms with Gasteiger partial charge in [0, 0.05) is 11.8 Å². The van der Waals surface area contributed by atoms with Gasteiger partial charge in [-0.1, -0.05) is 23.2 Å². The predicted octanol–water partition coefficient (Wildman–Crippen LogP) is 3.59. The normalized spacial score (nSPS) is 11.1. The van der Waals surface area contributed by atoms with Gasteiger partial charge in [0.2, 0.25) is 0 Å². The molecule has 3 aromatic rings. The summed E-state index contributed by atoms with van der Waals surface area (Å²) in [6, 6.07) is 7.23. The summed E-state index contributed by atoms with van der Waals surface area (Å²) in [5, 5.41) is 9.30. The first-order chi connectivity index (χ1) is 9.06. The summed E-state index contributed by atoms with van der Waals surface area (Å²) in [5.41, 5.74) is 9.17. The monoisotopic (exact) mass is 292 g/mol. The third-order valence-electron chi connectivity index (χ3n) is 2.97. The van der Waals surface area contributed by atoms with Crippen LogP contribution in [0.15, 0.2) is 30.5 Å². The summed E-state index contributed by atoms with van der Waals surface area (Å²) in [4.78, 5) is 0. The molecule has 0 aliphatic carbocycles. The smallest absolute Gasteiger partial charge is 0.168 e. The largest absolute Gasteiger partial charge is 0.397 e. The molecule has 0 aliphatic rings. The van der Waals surface area contributed by atoms with Gasteiger partial charge in [-0.15, -0.1) is 10.2 Å². The fourth-order valence-corrected chi connectivity index (χ4v) is 2.18. The molecule has 0 saturated carbocycles. The van der Waals surface area contributed by atoms with Crippen LogP contribution in [0.2, 0.25) is 10.0 Å². The first-order valence-corrected chi connectivity index (χ1v) is 6.38. The van der Waals surface area contributed by atoms with E-state index < -0.39 is 0 Å². The number of nitrogens with two attached hydrogens (primary N) is 1. The molecule has 0 fully saturated rings. The molecule has 2 heterocycles. The molecule has 4 nitrogen and oxygen atoms in total. The van der Waals surface area contributed by atoms with E-state index >= 15 is 0 Å². The van der Waals surface area contributed by atoms with Crippen LogP contribution >= 0.6 is 23.2 Å². The molecular weight excluding hydrogens is 283 g/mol. The minimum atomic E-state index is 0.482. The van der Waals surface area contributed by atoms with E-state index in [0.29, 0.717) is 21.6 Å². The summed E-state index contributed by atoms with van der Waals surface area (Å²) >= 11 is 11.9. The average Bonchev–Trinajstić information content (AvgIpc) is 2.76. The van der Waals surface area contributed by atoms with Gasteiger partial charge in [-0.25, -0.2) is 0 Å². The molecule has 0 bridgehead atoms. The van der Waals surface area contributed by atoms with E-state index in [2.05, 4.69) is 10.2 Å². The summed E-state index contributed by atoms with van der Waals surface area (Å²) < 4.78 is 1.84.